The highest BCUT2D eigenvalue weighted by molar-refractivity contribution is 6.74. The summed E-state index contributed by atoms with van der Waals surface area (Å²) in [7, 11) is -0.0495. The van der Waals surface area contributed by atoms with Crippen molar-refractivity contribution < 1.29 is 9.53 Å². The molecule has 0 radical (unpaired) electrons. The van der Waals surface area contributed by atoms with Crippen molar-refractivity contribution in [3.8, 4) is 0 Å². The maximum Gasteiger partial charge on any atom is 0.192 e. The molecule has 1 N–H and O–H groups in total. The van der Waals surface area contributed by atoms with E-state index in [0.29, 0.717) is 5.82 Å². The zero-order chi connectivity index (χ0) is 20.5. The Labute approximate surface area is 169 Å². The Hall–Kier alpha value is -1.54. The molecular weight excluding hydrogens is 368 g/mol. The van der Waals surface area contributed by atoms with E-state index < -0.39 is 14.4 Å². The van der Waals surface area contributed by atoms with E-state index in [2.05, 4.69) is 73.1 Å². The maximum atomic E-state index is 11.1. The van der Waals surface area contributed by atoms with Crippen molar-refractivity contribution in [3.63, 3.8) is 0 Å². The molecule has 2 heterocycles. The van der Waals surface area contributed by atoms with Crippen molar-refractivity contribution in [1.82, 2.24) is 19.7 Å². The van der Waals surface area contributed by atoms with Gasteiger partial charge in [0.25, 0.3) is 0 Å². The monoisotopic (exact) mass is 402 g/mol. The molecule has 0 bridgehead atoms. The Balaban J connectivity index is 1.81. The molecule has 1 unspecified atom stereocenters. The third kappa shape index (κ3) is 4.54. The summed E-state index contributed by atoms with van der Waals surface area (Å²) in [5, 5.41) is 15.4. The van der Waals surface area contributed by atoms with Crippen LogP contribution in [0.4, 0.5) is 0 Å². The summed E-state index contributed by atoms with van der Waals surface area (Å²) < 4.78 is 8.36. The Kier molecular flexibility index (Phi) is 6.10. The van der Waals surface area contributed by atoms with E-state index in [4.69, 9.17) is 4.43 Å². The molecule has 154 valence electrons. The van der Waals surface area contributed by atoms with E-state index in [1.807, 2.05) is 13.1 Å². The maximum absolute atomic E-state index is 11.1. The lowest BCUT2D eigenvalue weighted by Crippen LogP contribution is -2.44. The molecule has 2 aromatic rings. The van der Waals surface area contributed by atoms with Gasteiger partial charge in [-0.1, -0.05) is 51.1 Å². The molecule has 3 rings (SSSR count). The van der Waals surface area contributed by atoms with Crippen molar-refractivity contribution in [3.05, 3.63) is 48.0 Å². The van der Waals surface area contributed by atoms with E-state index in [1.165, 1.54) is 11.9 Å². The van der Waals surface area contributed by atoms with Gasteiger partial charge in [0.05, 0.1) is 6.10 Å². The van der Waals surface area contributed by atoms with Gasteiger partial charge >= 0.3 is 0 Å². The molecule has 28 heavy (non-hydrogen) atoms. The first-order valence-electron chi connectivity index (χ1n) is 10.1. The molecular formula is C21H34N4O2Si. The van der Waals surface area contributed by atoms with Crippen LogP contribution in [0.3, 0.4) is 0 Å². The second-order valence-corrected chi connectivity index (χ2v) is 14.2. The minimum absolute atomic E-state index is 0.0436. The molecule has 1 fully saturated rings. The first-order chi connectivity index (χ1) is 13.1. The van der Waals surface area contributed by atoms with Crippen molar-refractivity contribution in [2.24, 2.45) is 7.05 Å². The predicted molar refractivity (Wildman–Crippen MR) is 113 cm³/mol. The summed E-state index contributed by atoms with van der Waals surface area (Å²) in [5.74, 6) is 0.607. The number of aryl methyl sites for hydroxylation is 1. The fourth-order valence-electron chi connectivity index (χ4n) is 3.64. The van der Waals surface area contributed by atoms with Gasteiger partial charge in [0.1, 0.15) is 12.4 Å². The number of aliphatic hydroxyl groups excluding tert-OH is 1. The fourth-order valence-corrected chi connectivity index (χ4v) is 5.00. The number of likely N-dealkylation sites (tertiary alicyclic amines) is 1. The lowest BCUT2D eigenvalue weighted by molar-refractivity contribution is 0.0597. The average molecular weight is 403 g/mol. The highest BCUT2D eigenvalue weighted by Crippen LogP contribution is 2.40. The number of nitrogens with zero attached hydrogens (tertiary/aromatic N) is 4. The van der Waals surface area contributed by atoms with Crippen LogP contribution >= 0.6 is 0 Å². The van der Waals surface area contributed by atoms with Gasteiger partial charge in [-0.15, -0.1) is 0 Å². The van der Waals surface area contributed by atoms with Gasteiger partial charge in [-0.3, -0.25) is 9.58 Å². The fraction of sp³-hybridized carbons (Fsp3) is 0.619. The standard InChI is InChI=1S/C21H34N4O2Si/c1-21(2,3)28(5,6)27-17-12-18(19(26)20-22-15-23-24(20)4)25(14-17)13-16-10-8-7-9-11-16/h7-11,15,17-19,26H,12-14H2,1-6H3/t17-,18+,19?/m1/s1. The Bertz CT molecular complexity index is 772. The Morgan fingerprint density at radius 1 is 1.25 bits per heavy atom. The molecule has 1 aromatic heterocycles. The van der Waals surface area contributed by atoms with Crippen LogP contribution in [0.25, 0.3) is 0 Å². The molecule has 0 saturated carbocycles. The molecule has 3 atom stereocenters. The smallest absolute Gasteiger partial charge is 0.192 e. The zero-order valence-electron chi connectivity index (χ0n) is 18.0. The highest BCUT2D eigenvalue weighted by atomic mass is 28.4. The number of benzene rings is 1. The zero-order valence-corrected chi connectivity index (χ0v) is 19.0. The van der Waals surface area contributed by atoms with Crippen molar-refractivity contribution in [1.29, 1.82) is 0 Å². The third-order valence-corrected chi connectivity index (χ3v) is 10.8. The number of hydrogen-bond donors (Lipinski definition) is 1. The molecule has 6 nitrogen and oxygen atoms in total. The first-order valence-corrected chi connectivity index (χ1v) is 13.0. The quantitative estimate of drug-likeness (QED) is 0.749. The summed E-state index contributed by atoms with van der Waals surface area (Å²) in [5.41, 5.74) is 1.24. The summed E-state index contributed by atoms with van der Waals surface area (Å²) >= 11 is 0. The normalized spacial score (nSPS) is 22.5. The second-order valence-electron chi connectivity index (χ2n) is 9.40. The van der Waals surface area contributed by atoms with Crippen LogP contribution in [-0.4, -0.2) is 51.8 Å². The summed E-state index contributed by atoms with van der Waals surface area (Å²) in [4.78, 5) is 6.62. The van der Waals surface area contributed by atoms with Gasteiger partial charge in [-0.25, -0.2) is 4.98 Å². The van der Waals surface area contributed by atoms with E-state index >= 15 is 0 Å². The number of rotatable bonds is 6. The molecule has 0 spiro atoms. The average Bonchev–Trinajstić information content (AvgIpc) is 3.20. The first kappa shape index (κ1) is 21.2. The molecule has 7 heteroatoms. The van der Waals surface area contributed by atoms with Crippen LogP contribution in [0, 0.1) is 0 Å². The number of aromatic nitrogens is 3. The van der Waals surface area contributed by atoms with E-state index in [1.54, 1.807) is 4.68 Å². The van der Waals surface area contributed by atoms with E-state index in [9.17, 15) is 5.11 Å². The summed E-state index contributed by atoms with van der Waals surface area (Å²) in [6.07, 6.45) is 1.73. The minimum Gasteiger partial charge on any atom is -0.413 e. The number of hydrogen-bond acceptors (Lipinski definition) is 5. The molecule has 0 amide bonds. The molecule has 1 saturated heterocycles. The third-order valence-electron chi connectivity index (χ3n) is 6.28. The van der Waals surface area contributed by atoms with Gasteiger partial charge < -0.3 is 9.53 Å². The van der Waals surface area contributed by atoms with Crippen LogP contribution in [0.5, 0.6) is 0 Å². The summed E-state index contributed by atoms with van der Waals surface area (Å²) in [6.45, 7) is 13.0. The minimum atomic E-state index is -1.87. The largest absolute Gasteiger partial charge is 0.413 e. The lowest BCUT2D eigenvalue weighted by atomic mass is 10.1. The molecule has 1 aromatic carbocycles. The van der Waals surface area contributed by atoms with Crippen molar-refractivity contribution in [2.45, 2.75) is 70.1 Å². The van der Waals surface area contributed by atoms with Crippen LogP contribution in [0.15, 0.2) is 36.7 Å². The topological polar surface area (TPSA) is 63.4 Å². The Morgan fingerprint density at radius 3 is 2.50 bits per heavy atom. The van der Waals surface area contributed by atoms with Gasteiger partial charge in [-0.05, 0) is 30.1 Å². The van der Waals surface area contributed by atoms with Gasteiger partial charge in [-0.2, -0.15) is 5.10 Å². The van der Waals surface area contributed by atoms with E-state index in [-0.39, 0.29) is 17.2 Å². The molecule has 0 aliphatic carbocycles. The summed E-state index contributed by atoms with van der Waals surface area (Å²) in [6, 6.07) is 10.4. The number of aliphatic hydroxyl groups is 1. The Morgan fingerprint density at radius 2 is 1.93 bits per heavy atom. The van der Waals surface area contributed by atoms with Crippen molar-refractivity contribution in [2.75, 3.05) is 6.54 Å². The van der Waals surface area contributed by atoms with Crippen LogP contribution in [0.1, 0.15) is 44.7 Å². The SMILES string of the molecule is Cn1ncnc1C(O)[C@@H]1C[C@@H](O[Si](C)(C)C(C)(C)C)CN1Cc1ccccc1. The van der Waals surface area contributed by atoms with Crippen molar-refractivity contribution >= 4 is 8.32 Å². The van der Waals surface area contributed by atoms with Gasteiger partial charge in [0.2, 0.25) is 0 Å². The van der Waals surface area contributed by atoms with Crippen LogP contribution < -0.4 is 0 Å². The second kappa shape index (κ2) is 8.06. The van der Waals surface area contributed by atoms with E-state index in [0.717, 1.165) is 19.5 Å². The highest BCUT2D eigenvalue weighted by Gasteiger charge is 2.44. The van der Waals surface area contributed by atoms with Gasteiger partial charge in [0, 0.05) is 26.2 Å². The molecule has 1 aliphatic heterocycles. The molecule has 1 aliphatic rings. The predicted octanol–water partition coefficient (Wildman–Crippen LogP) is 3.51. The van der Waals surface area contributed by atoms with Crippen LogP contribution in [-0.2, 0) is 18.0 Å². The lowest BCUT2D eigenvalue weighted by Gasteiger charge is -2.38. The van der Waals surface area contributed by atoms with Crippen LogP contribution in [0.2, 0.25) is 18.1 Å². The van der Waals surface area contributed by atoms with Gasteiger partial charge in [0.15, 0.2) is 14.1 Å².